The second-order valence-corrected chi connectivity index (χ2v) is 5.38. The summed E-state index contributed by atoms with van der Waals surface area (Å²) in [5, 5.41) is 6.49. The highest BCUT2D eigenvalue weighted by Gasteiger charge is 2.05. The molecular weight excluding hydrogens is 286 g/mol. The number of hydrogen-bond donors (Lipinski definition) is 0. The summed E-state index contributed by atoms with van der Waals surface area (Å²) < 4.78 is 2.82. The number of hydrogen-bond acceptors (Lipinski definition) is 3. The molecule has 0 unspecified atom stereocenters. The third-order valence-electron chi connectivity index (χ3n) is 2.26. The highest BCUT2D eigenvalue weighted by atomic mass is 79.9. The van der Waals surface area contributed by atoms with Crippen LogP contribution in [-0.2, 0) is 6.42 Å². The van der Waals surface area contributed by atoms with Crippen molar-refractivity contribution < 1.29 is 0 Å². The third kappa shape index (κ3) is 1.88. The van der Waals surface area contributed by atoms with E-state index >= 15 is 0 Å². The third-order valence-corrected chi connectivity index (χ3v) is 3.63. The molecule has 16 heavy (non-hydrogen) atoms. The van der Waals surface area contributed by atoms with E-state index in [9.17, 15) is 0 Å². The quantitative estimate of drug-likeness (QED) is 0.727. The van der Waals surface area contributed by atoms with Gasteiger partial charge < -0.3 is 0 Å². The smallest absolute Gasteiger partial charge is 0.156 e. The topological polar surface area (TPSA) is 30.2 Å². The Morgan fingerprint density at radius 1 is 1.38 bits per heavy atom. The van der Waals surface area contributed by atoms with Crippen LogP contribution in [0.2, 0.25) is 0 Å². The van der Waals surface area contributed by atoms with Gasteiger partial charge in [-0.3, -0.25) is 0 Å². The number of fused-ring (bicyclic) bond motifs is 1. The molecule has 0 N–H and O–H groups in total. The lowest BCUT2D eigenvalue weighted by molar-refractivity contribution is 0.904. The molecule has 5 heteroatoms. The van der Waals surface area contributed by atoms with Gasteiger partial charge in [0.2, 0.25) is 0 Å². The molecular formula is C11H8BrN3S. The van der Waals surface area contributed by atoms with Gasteiger partial charge in [0.05, 0.1) is 0 Å². The molecule has 0 atom stereocenters. The molecule has 0 amide bonds. The Kier molecular flexibility index (Phi) is 2.49. The molecule has 0 spiro atoms. The second kappa shape index (κ2) is 3.99. The summed E-state index contributed by atoms with van der Waals surface area (Å²) in [6.45, 7) is 0. The summed E-state index contributed by atoms with van der Waals surface area (Å²) in [7, 11) is 0. The molecule has 3 nitrogen and oxygen atoms in total. The summed E-state index contributed by atoms with van der Waals surface area (Å²) in [4.78, 5) is 5.76. The summed E-state index contributed by atoms with van der Waals surface area (Å²) >= 11 is 5.16. The Labute approximate surface area is 105 Å². The van der Waals surface area contributed by atoms with Crippen molar-refractivity contribution in [1.82, 2.24) is 14.6 Å². The van der Waals surface area contributed by atoms with E-state index in [0.717, 1.165) is 22.4 Å². The highest BCUT2D eigenvalue weighted by molar-refractivity contribution is 9.10. The van der Waals surface area contributed by atoms with Crippen LogP contribution < -0.4 is 0 Å². The van der Waals surface area contributed by atoms with Crippen molar-refractivity contribution in [2.24, 2.45) is 0 Å². The minimum Gasteiger partial charge on any atom is -0.221 e. The molecule has 3 aromatic rings. The molecule has 80 valence electrons. The lowest BCUT2D eigenvalue weighted by atomic mass is 10.3. The van der Waals surface area contributed by atoms with Crippen molar-refractivity contribution in [2.75, 3.05) is 0 Å². The van der Waals surface area contributed by atoms with Crippen molar-refractivity contribution in [1.29, 1.82) is 0 Å². The van der Waals surface area contributed by atoms with Crippen LogP contribution in [0.4, 0.5) is 0 Å². The van der Waals surface area contributed by atoms with E-state index in [1.165, 1.54) is 4.88 Å². The first-order chi connectivity index (χ1) is 7.81. The molecule has 0 radical (unpaired) electrons. The first-order valence-corrected chi connectivity index (χ1v) is 6.52. The number of pyridine rings is 1. The van der Waals surface area contributed by atoms with Crippen LogP contribution in [0.1, 0.15) is 10.7 Å². The summed E-state index contributed by atoms with van der Waals surface area (Å²) in [6, 6.07) is 8.07. The molecule has 0 aromatic carbocycles. The maximum Gasteiger partial charge on any atom is 0.156 e. The summed E-state index contributed by atoms with van der Waals surface area (Å²) in [5.41, 5.74) is 0.876. The molecule has 3 rings (SSSR count). The number of aromatic nitrogens is 3. The predicted molar refractivity (Wildman–Crippen MR) is 67.8 cm³/mol. The van der Waals surface area contributed by atoms with Crippen molar-refractivity contribution in [3.05, 3.63) is 51.0 Å². The van der Waals surface area contributed by atoms with Crippen LogP contribution in [-0.4, -0.2) is 14.6 Å². The lowest BCUT2D eigenvalue weighted by Crippen LogP contribution is -1.89. The van der Waals surface area contributed by atoms with Gasteiger partial charge in [-0.2, -0.15) is 5.10 Å². The number of nitrogens with zero attached hydrogens (tertiary/aromatic N) is 3. The predicted octanol–water partition coefficient (Wildman–Crippen LogP) is 3.14. The molecule has 0 aliphatic heterocycles. The van der Waals surface area contributed by atoms with Gasteiger partial charge in [0.25, 0.3) is 0 Å². The van der Waals surface area contributed by atoms with E-state index in [2.05, 4.69) is 37.5 Å². The SMILES string of the molecule is Brc1ccn2nc(Cc3cccs3)nc2c1. The maximum absolute atomic E-state index is 4.48. The molecule has 0 fully saturated rings. The fraction of sp³-hybridized carbons (Fsp3) is 0.0909. The molecule has 3 heterocycles. The number of thiophene rings is 1. The summed E-state index contributed by atoms with van der Waals surface area (Å²) in [6.07, 6.45) is 2.71. The van der Waals surface area contributed by atoms with Gasteiger partial charge in [-0.15, -0.1) is 11.3 Å². The van der Waals surface area contributed by atoms with E-state index in [1.54, 1.807) is 15.9 Å². The van der Waals surface area contributed by atoms with Gasteiger partial charge in [-0.25, -0.2) is 9.50 Å². The van der Waals surface area contributed by atoms with E-state index in [-0.39, 0.29) is 0 Å². The number of rotatable bonds is 2. The second-order valence-electron chi connectivity index (χ2n) is 3.43. The van der Waals surface area contributed by atoms with Gasteiger partial charge in [-0.05, 0) is 23.6 Å². The van der Waals surface area contributed by atoms with Crippen LogP contribution in [0.3, 0.4) is 0 Å². The lowest BCUT2D eigenvalue weighted by Gasteiger charge is -1.89. The van der Waals surface area contributed by atoms with Crippen molar-refractivity contribution in [3.8, 4) is 0 Å². The van der Waals surface area contributed by atoms with Gasteiger partial charge in [-0.1, -0.05) is 22.0 Å². The molecule has 0 aliphatic carbocycles. The van der Waals surface area contributed by atoms with E-state index < -0.39 is 0 Å². The molecule has 0 aliphatic rings. The standard InChI is InChI=1S/C11H8BrN3S/c12-8-3-4-15-11(6-8)13-10(14-15)7-9-2-1-5-16-9/h1-6H,7H2. The molecule has 0 saturated heterocycles. The van der Waals surface area contributed by atoms with E-state index in [0.29, 0.717) is 0 Å². The van der Waals surface area contributed by atoms with Crippen molar-refractivity contribution in [3.63, 3.8) is 0 Å². The zero-order chi connectivity index (χ0) is 11.0. The van der Waals surface area contributed by atoms with Crippen LogP contribution in [0.25, 0.3) is 5.65 Å². The first kappa shape index (κ1) is 9.99. The van der Waals surface area contributed by atoms with Gasteiger partial charge in [0.15, 0.2) is 11.5 Å². The Morgan fingerprint density at radius 2 is 2.31 bits per heavy atom. The fourth-order valence-corrected chi connectivity index (χ4v) is 2.57. The van der Waals surface area contributed by atoms with Crippen LogP contribution in [0.5, 0.6) is 0 Å². The Hall–Kier alpha value is -1.20. The average molecular weight is 294 g/mol. The molecule has 3 aromatic heterocycles. The highest BCUT2D eigenvalue weighted by Crippen LogP contribution is 2.15. The first-order valence-electron chi connectivity index (χ1n) is 4.84. The van der Waals surface area contributed by atoms with E-state index in [4.69, 9.17) is 0 Å². The Bertz CT molecular complexity index is 615. The van der Waals surface area contributed by atoms with Gasteiger partial charge in [0.1, 0.15) is 0 Å². The maximum atomic E-state index is 4.48. The van der Waals surface area contributed by atoms with Crippen LogP contribution in [0.15, 0.2) is 40.3 Å². The Morgan fingerprint density at radius 3 is 3.12 bits per heavy atom. The monoisotopic (exact) mass is 293 g/mol. The minimum atomic E-state index is 0.803. The number of halogens is 1. The van der Waals surface area contributed by atoms with Crippen LogP contribution in [0, 0.1) is 0 Å². The average Bonchev–Trinajstić information content (AvgIpc) is 2.86. The zero-order valence-electron chi connectivity index (χ0n) is 8.30. The van der Waals surface area contributed by atoms with Gasteiger partial charge in [0, 0.05) is 22.0 Å². The minimum absolute atomic E-state index is 0.803. The molecule has 0 bridgehead atoms. The van der Waals surface area contributed by atoms with Gasteiger partial charge >= 0.3 is 0 Å². The van der Waals surface area contributed by atoms with Crippen molar-refractivity contribution >= 4 is 32.9 Å². The van der Waals surface area contributed by atoms with Crippen LogP contribution >= 0.6 is 27.3 Å². The largest absolute Gasteiger partial charge is 0.221 e. The van der Waals surface area contributed by atoms with E-state index in [1.807, 2.05) is 24.4 Å². The normalized spacial score (nSPS) is 11.1. The fourth-order valence-electron chi connectivity index (χ4n) is 1.55. The zero-order valence-corrected chi connectivity index (χ0v) is 10.7. The summed E-state index contributed by atoms with van der Waals surface area (Å²) in [5.74, 6) is 0.862. The molecule has 0 saturated carbocycles. The Balaban J connectivity index is 1.99. The van der Waals surface area contributed by atoms with Crippen molar-refractivity contribution in [2.45, 2.75) is 6.42 Å².